The van der Waals surface area contributed by atoms with Gasteiger partial charge in [-0.1, -0.05) is 22.4 Å². The van der Waals surface area contributed by atoms with Gasteiger partial charge in [0.1, 0.15) is 34.7 Å². The summed E-state index contributed by atoms with van der Waals surface area (Å²) in [7, 11) is 0. The van der Waals surface area contributed by atoms with Crippen molar-refractivity contribution >= 4 is 39.9 Å². The molecule has 8 heterocycles. The van der Waals surface area contributed by atoms with Crippen molar-refractivity contribution in [3.63, 3.8) is 0 Å². The molecule has 392 valence electrons. The minimum atomic E-state index is -4.77. The number of hydrogen-bond donors (Lipinski definition) is 0. The van der Waals surface area contributed by atoms with Gasteiger partial charge in [-0.2, -0.15) is 36.5 Å². The van der Waals surface area contributed by atoms with Crippen molar-refractivity contribution in [2.45, 2.75) is 114 Å². The lowest BCUT2D eigenvalue weighted by Crippen LogP contribution is -2.57. The average molecular weight is 1080 g/mol. The highest BCUT2D eigenvalue weighted by Gasteiger charge is 2.43. The van der Waals surface area contributed by atoms with Gasteiger partial charge in [0.2, 0.25) is 0 Å². The van der Waals surface area contributed by atoms with Crippen molar-refractivity contribution in [1.82, 2.24) is 39.3 Å². The van der Waals surface area contributed by atoms with E-state index in [2.05, 4.69) is 20.5 Å². The maximum Gasteiger partial charge on any atom is 0.435 e. The fourth-order valence-corrected chi connectivity index (χ4v) is 12.1. The number of carbonyl (C=O) groups is 1. The van der Waals surface area contributed by atoms with E-state index in [4.69, 9.17) is 19.6 Å². The number of rotatable bonds is 14. The Bertz CT molecular complexity index is 2850. The number of nitrogens with zero attached hydrogens (tertiary/aromatic N) is 10. The summed E-state index contributed by atoms with van der Waals surface area (Å²) in [5.74, 6) is -3.66. The van der Waals surface area contributed by atoms with Crippen LogP contribution in [-0.4, -0.2) is 94.8 Å². The van der Waals surface area contributed by atoms with Crippen molar-refractivity contribution in [3.05, 3.63) is 138 Å². The standard InChI is InChI=1S/C49H46F10N10O3S2/c1-25-17-41(48(54,55)56)62-68(25)21-37(66-13-9-27(10-14-66)46-60-35(23-73-46)33-19-39(71-64-33)43-29(50)5-3-6-30(43)51)45(70)38(22-69-26(2)18-42(63-69)49(57,58)59)67-15-11-28(12-16-67)47-61-36(24-74-47)34-20-40(72-65-34)44-31(52)7-4-8-32(44)53/h3-8,17-18,23-24,27-28,37-40H,9-16,19-22H2,1-2H3/t37?,38?,39-,40-/m1/s1. The van der Waals surface area contributed by atoms with E-state index in [0.717, 1.165) is 55.8 Å². The molecule has 0 spiro atoms. The molecule has 10 rings (SSSR count). The number of alkyl halides is 6. The summed E-state index contributed by atoms with van der Waals surface area (Å²) in [5, 5.41) is 21.0. The molecule has 0 aliphatic carbocycles. The normalized spacial score (nSPS) is 20.4. The first-order chi connectivity index (χ1) is 35.3. The monoisotopic (exact) mass is 1080 g/mol. The van der Waals surface area contributed by atoms with Crippen LogP contribution in [0.3, 0.4) is 0 Å². The first-order valence-corrected chi connectivity index (χ1v) is 25.5. The Labute approximate surface area is 424 Å². The van der Waals surface area contributed by atoms with E-state index in [0.29, 0.717) is 74.7 Å². The molecule has 74 heavy (non-hydrogen) atoms. The van der Waals surface area contributed by atoms with Crippen LogP contribution in [0.1, 0.15) is 118 Å². The van der Waals surface area contributed by atoms with Crippen molar-refractivity contribution < 1.29 is 58.4 Å². The quantitative estimate of drug-likeness (QED) is 0.0980. The molecular formula is C49H46F10N10O3S2. The number of Topliss-reactive ketones (excluding diaryl/α,β-unsaturated/α-hetero) is 1. The molecule has 2 fully saturated rings. The summed E-state index contributed by atoms with van der Waals surface area (Å²) in [6.07, 6.45) is -9.41. The second kappa shape index (κ2) is 20.6. The van der Waals surface area contributed by atoms with Crippen LogP contribution in [0.5, 0.6) is 0 Å². The van der Waals surface area contributed by atoms with E-state index in [1.54, 1.807) is 10.8 Å². The van der Waals surface area contributed by atoms with Gasteiger partial charge < -0.3 is 9.68 Å². The third-order valence-corrected chi connectivity index (χ3v) is 16.2. The Morgan fingerprint density at radius 2 is 0.986 bits per heavy atom. The fourth-order valence-electron chi connectivity index (χ4n) is 10.1. The van der Waals surface area contributed by atoms with Crippen LogP contribution in [0.15, 0.2) is 69.6 Å². The van der Waals surface area contributed by atoms with E-state index in [9.17, 15) is 43.9 Å². The highest BCUT2D eigenvalue weighted by Crippen LogP contribution is 2.39. The number of hydrogen-bond acceptors (Lipinski definition) is 13. The van der Waals surface area contributed by atoms with E-state index in [1.807, 2.05) is 9.80 Å². The third kappa shape index (κ3) is 10.6. The maximum absolute atomic E-state index is 15.5. The molecule has 0 N–H and O–H groups in total. The van der Waals surface area contributed by atoms with Crippen LogP contribution < -0.4 is 0 Å². The van der Waals surface area contributed by atoms with Crippen LogP contribution in [-0.2, 0) is 39.9 Å². The molecule has 4 atom stereocenters. The van der Waals surface area contributed by atoms with E-state index in [1.165, 1.54) is 48.7 Å². The predicted molar refractivity (Wildman–Crippen MR) is 251 cm³/mol. The Morgan fingerprint density at radius 1 is 0.622 bits per heavy atom. The SMILES string of the molecule is Cc1cc(C(F)(F)F)nn1CC(C(=O)C(Cn1nc(C(F)(F)F)cc1C)N1CCC(c2nc(C3=NO[C@@H](c4c(F)cccc4F)C3)cs2)CC1)N1CCC(c2nc(C3=NO[C@@H](c4c(F)cccc4F)C3)cs2)CC1. The fraction of sp³-hybridized carbons (Fsp3) is 0.449. The van der Waals surface area contributed by atoms with Crippen LogP contribution >= 0.6 is 22.7 Å². The second-order valence-corrected chi connectivity index (χ2v) is 20.6. The number of aryl methyl sites for hydroxylation is 2. The molecule has 4 aliphatic heterocycles. The van der Waals surface area contributed by atoms with Gasteiger partial charge >= 0.3 is 12.4 Å². The molecule has 4 aromatic heterocycles. The van der Waals surface area contributed by atoms with Crippen molar-refractivity contribution in [2.24, 2.45) is 10.3 Å². The Morgan fingerprint density at radius 3 is 1.32 bits per heavy atom. The van der Waals surface area contributed by atoms with Crippen molar-refractivity contribution in [1.29, 1.82) is 0 Å². The first-order valence-electron chi connectivity index (χ1n) is 23.8. The zero-order valence-corrected chi connectivity index (χ0v) is 41.1. The van der Waals surface area contributed by atoms with Gasteiger partial charge in [-0.3, -0.25) is 24.0 Å². The third-order valence-electron chi connectivity index (χ3n) is 14.1. The van der Waals surface area contributed by atoms with Crippen LogP contribution in [0.2, 0.25) is 0 Å². The summed E-state index contributed by atoms with van der Waals surface area (Å²) < 4.78 is 145. The number of aromatic nitrogens is 6. The van der Waals surface area contributed by atoms with Gasteiger partial charge in [-0.15, -0.1) is 22.7 Å². The number of carbonyl (C=O) groups excluding carboxylic acids is 1. The lowest BCUT2D eigenvalue weighted by atomic mass is 9.91. The van der Waals surface area contributed by atoms with E-state index >= 15 is 4.79 Å². The highest BCUT2D eigenvalue weighted by molar-refractivity contribution is 7.10. The summed E-state index contributed by atoms with van der Waals surface area (Å²) in [6.45, 7) is 3.54. The van der Waals surface area contributed by atoms with Crippen LogP contribution in [0.4, 0.5) is 43.9 Å². The van der Waals surface area contributed by atoms with Crippen LogP contribution in [0.25, 0.3) is 0 Å². The first kappa shape index (κ1) is 51.4. The number of piperidine rings is 2. The van der Waals surface area contributed by atoms with E-state index < -0.39 is 77.1 Å². The molecule has 4 aliphatic rings. The molecule has 0 amide bonds. The molecule has 0 radical (unpaired) electrons. The van der Waals surface area contributed by atoms with Gasteiger partial charge in [0.15, 0.2) is 29.4 Å². The summed E-state index contributed by atoms with van der Waals surface area (Å²) in [6, 6.07) is 6.71. The summed E-state index contributed by atoms with van der Waals surface area (Å²) >= 11 is 2.74. The lowest BCUT2D eigenvalue weighted by molar-refractivity contribution is -0.142. The Hall–Kier alpha value is -6.05. The molecule has 25 heteroatoms. The minimum absolute atomic E-state index is 0.0858. The van der Waals surface area contributed by atoms with E-state index in [-0.39, 0.29) is 60.3 Å². The van der Waals surface area contributed by atoms with Gasteiger partial charge in [-0.05, 0) is 102 Å². The number of oxime groups is 2. The van der Waals surface area contributed by atoms with Gasteiger partial charge in [0, 0.05) is 46.8 Å². The number of benzene rings is 2. The average Bonchev–Trinajstić information content (AvgIpc) is 4.23. The number of likely N-dealkylation sites (tertiary alicyclic amines) is 2. The summed E-state index contributed by atoms with van der Waals surface area (Å²) in [4.78, 5) is 39.7. The molecule has 2 saturated heterocycles. The van der Waals surface area contributed by atoms with Crippen LogP contribution in [0, 0.1) is 37.1 Å². The minimum Gasteiger partial charge on any atom is -0.387 e. The smallest absolute Gasteiger partial charge is 0.387 e. The second-order valence-electron chi connectivity index (χ2n) is 18.8. The molecule has 2 aromatic carbocycles. The number of ketones is 1. The predicted octanol–water partition coefficient (Wildman–Crippen LogP) is 10.7. The Balaban J connectivity index is 0.875. The largest absolute Gasteiger partial charge is 0.435 e. The molecular weight excluding hydrogens is 1030 g/mol. The maximum atomic E-state index is 15.5. The zero-order valence-electron chi connectivity index (χ0n) is 39.5. The van der Waals surface area contributed by atoms with Gasteiger partial charge in [-0.25, -0.2) is 27.5 Å². The topological polar surface area (TPSA) is 128 Å². The van der Waals surface area contributed by atoms with Crippen molar-refractivity contribution in [3.8, 4) is 0 Å². The molecule has 0 saturated carbocycles. The zero-order chi connectivity index (χ0) is 52.2. The molecule has 6 aromatic rings. The highest BCUT2D eigenvalue weighted by atomic mass is 32.1. The van der Waals surface area contributed by atoms with Crippen molar-refractivity contribution in [2.75, 3.05) is 26.2 Å². The molecule has 0 bridgehead atoms. The molecule has 13 nitrogen and oxygen atoms in total. The molecule has 2 unspecified atom stereocenters. The lowest BCUT2D eigenvalue weighted by Gasteiger charge is -2.41. The van der Waals surface area contributed by atoms with Gasteiger partial charge in [0.05, 0.1) is 57.7 Å². The Kier molecular flexibility index (Phi) is 14.3. The van der Waals surface area contributed by atoms with Gasteiger partial charge in [0.25, 0.3) is 0 Å². The summed E-state index contributed by atoms with van der Waals surface area (Å²) in [5.41, 5.74) is -0.604. The number of thiazole rings is 2. The number of halogens is 10.